The van der Waals surface area contributed by atoms with Crippen molar-refractivity contribution < 1.29 is 14.4 Å². The van der Waals surface area contributed by atoms with Crippen LogP contribution < -0.4 is 10.2 Å². The quantitative estimate of drug-likeness (QED) is 0.252. The van der Waals surface area contributed by atoms with E-state index in [1.165, 1.54) is 0 Å². The molecule has 4 aromatic carbocycles. The lowest BCUT2D eigenvalue weighted by Gasteiger charge is -2.39. The van der Waals surface area contributed by atoms with Crippen molar-refractivity contribution in [2.75, 3.05) is 10.2 Å². The molecule has 0 unspecified atom stereocenters. The molecule has 3 aliphatic rings. The summed E-state index contributed by atoms with van der Waals surface area (Å²) in [5.41, 5.74) is 5.19. The molecule has 3 aliphatic heterocycles. The molecule has 0 aromatic heterocycles. The lowest BCUT2D eigenvalue weighted by molar-refractivity contribution is -0.121. The van der Waals surface area contributed by atoms with Crippen molar-refractivity contribution in [2.45, 2.75) is 44.7 Å². The molecule has 5 nitrogen and oxygen atoms in total. The topological polar surface area (TPSA) is 66.5 Å². The molecule has 0 radical (unpaired) electrons. The van der Waals surface area contributed by atoms with Gasteiger partial charge in [-0.1, -0.05) is 111 Å². The second-order valence-electron chi connectivity index (χ2n) is 12.4. The smallest absolute Gasteiger partial charge is 0.238 e. The summed E-state index contributed by atoms with van der Waals surface area (Å²) in [5.74, 6) is -1.10. The number of hydrogen-bond acceptors (Lipinski definition) is 4. The second-order valence-corrected chi connectivity index (χ2v) is 12.4. The van der Waals surface area contributed by atoms with Crippen molar-refractivity contribution in [3.05, 3.63) is 137 Å². The van der Waals surface area contributed by atoms with E-state index in [9.17, 15) is 9.59 Å². The van der Waals surface area contributed by atoms with Crippen LogP contribution in [0, 0.1) is 11.8 Å². The van der Waals surface area contributed by atoms with E-state index in [1.807, 2.05) is 97.9 Å². The Morgan fingerprint density at radius 2 is 1.47 bits per heavy atom. The molecule has 43 heavy (non-hydrogen) atoms. The minimum absolute atomic E-state index is 0.169. The van der Waals surface area contributed by atoms with E-state index >= 15 is 4.79 Å². The van der Waals surface area contributed by atoms with E-state index < -0.39 is 23.4 Å². The van der Waals surface area contributed by atoms with Crippen LogP contribution in [0.15, 0.2) is 109 Å². The highest BCUT2D eigenvalue weighted by molar-refractivity contribution is 6.18. The molecular formula is C38H34N2O3. The number of nitrogens with zero attached hydrogens (tertiary/aromatic N) is 1. The molecule has 3 heterocycles. The van der Waals surface area contributed by atoms with Crippen LogP contribution in [0.5, 0.6) is 0 Å². The van der Waals surface area contributed by atoms with Crippen molar-refractivity contribution in [3.63, 3.8) is 0 Å². The predicted octanol–water partition coefficient (Wildman–Crippen LogP) is 7.13. The number of para-hydroxylation sites is 2. The zero-order valence-electron chi connectivity index (χ0n) is 24.6. The molecule has 0 bridgehead atoms. The Kier molecular flexibility index (Phi) is 6.42. The number of hydrogen-bond donors (Lipinski definition) is 1. The number of allylic oxidation sites excluding steroid dienone is 1. The third-order valence-corrected chi connectivity index (χ3v) is 9.38. The first-order valence-electron chi connectivity index (χ1n) is 15.0. The molecule has 0 aliphatic carbocycles. The molecular weight excluding hydrogens is 532 g/mol. The van der Waals surface area contributed by atoms with Gasteiger partial charge >= 0.3 is 0 Å². The number of Topliss-reactive ketones (excluding diaryl/α,β-unsaturated/α-hetero) is 2. The van der Waals surface area contributed by atoms with Gasteiger partial charge in [-0.15, -0.1) is 0 Å². The third-order valence-electron chi connectivity index (χ3n) is 9.38. The van der Waals surface area contributed by atoms with Crippen LogP contribution in [0.2, 0.25) is 0 Å². The maximum atomic E-state index is 15.0. The monoisotopic (exact) mass is 566 g/mol. The highest BCUT2D eigenvalue weighted by Crippen LogP contribution is 2.58. The summed E-state index contributed by atoms with van der Waals surface area (Å²) >= 11 is 0. The first-order chi connectivity index (χ1) is 20.8. The van der Waals surface area contributed by atoms with E-state index in [4.69, 9.17) is 0 Å². The highest BCUT2D eigenvalue weighted by Gasteiger charge is 2.70. The Morgan fingerprint density at radius 1 is 0.814 bits per heavy atom. The normalized spacial score (nSPS) is 23.4. The number of ketones is 2. The molecule has 7 rings (SSSR count). The number of rotatable bonds is 6. The van der Waals surface area contributed by atoms with Crippen LogP contribution in [0.4, 0.5) is 11.4 Å². The fraction of sp³-hybridized carbons (Fsp3) is 0.237. The van der Waals surface area contributed by atoms with Crippen molar-refractivity contribution in [3.8, 4) is 0 Å². The van der Waals surface area contributed by atoms with Crippen molar-refractivity contribution in [1.29, 1.82) is 0 Å². The van der Waals surface area contributed by atoms with Gasteiger partial charge in [0.15, 0.2) is 11.6 Å². The zero-order valence-corrected chi connectivity index (χ0v) is 24.6. The fourth-order valence-corrected chi connectivity index (χ4v) is 7.62. The van der Waals surface area contributed by atoms with Crippen molar-refractivity contribution >= 4 is 34.4 Å². The first kappa shape index (κ1) is 27.1. The van der Waals surface area contributed by atoms with Crippen LogP contribution in [0.25, 0.3) is 5.57 Å². The summed E-state index contributed by atoms with van der Waals surface area (Å²) in [4.78, 5) is 46.3. The number of benzene rings is 4. The summed E-state index contributed by atoms with van der Waals surface area (Å²) in [6.45, 7) is 6.38. The minimum atomic E-state index is -1.31. The summed E-state index contributed by atoms with van der Waals surface area (Å²) in [6.07, 6.45) is 3.00. The molecule has 4 aromatic rings. The van der Waals surface area contributed by atoms with Gasteiger partial charge in [0.05, 0.1) is 12.0 Å². The van der Waals surface area contributed by atoms with Crippen molar-refractivity contribution in [1.82, 2.24) is 0 Å². The molecule has 1 N–H and O–H groups in total. The average molecular weight is 567 g/mol. The molecule has 1 fully saturated rings. The van der Waals surface area contributed by atoms with Gasteiger partial charge in [-0.2, -0.15) is 0 Å². The van der Waals surface area contributed by atoms with Gasteiger partial charge in [0.25, 0.3) is 0 Å². The van der Waals surface area contributed by atoms with Crippen LogP contribution in [-0.4, -0.2) is 29.6 Å². The van der Waals surface area contributed by atoms with Crippen LogP contribution in [-0.2, 0) is 16.6 Å². The van der Waals surface area contributed by atoms with Crippen LogP contribution >= 0.6 is 0 Å². The van der Waals surface area contributed by atoms with Gasteiger partial charge in [0, 0.05) is 28.1 Å². The second kappa shape index (κ2) is 10.2. The lowest BCUT2D eigenvalue weighted by Crippen LogP contribution is -2.51. The van der Waals surface area contributed by atoms with Gasteiger partial charge in [-0.3, -0.25) is 14.4 Å². The van der Waals surface area contributed by atoms with Crippen LogP contribution in [0.1, 0.15) is 58.2 Å². The minimum Gasteiger partial charge on any atom is -0.352 e. The number of anilines is 2. The predicted molar refractivity (Wildman–Crippen MR) is 170 cm³/mol. The summed E-state index contributed by atoms with van der Waals surface area (Å²) in [5, 5.41) is 3.11. The Labute approximate surface area is 252 Å². The number of carbonyl (C=O) groups is 3. The Hall–Kier alpha value is -4.77. The lowest BCUT2D eigenvalue weighted by atomic mass is 9.64. The molecule has 1 saturated heterocycles. The van der Waals surface area contributed by atoms with Crippen molar-refractivity contribution in [2.24, 2.45) is 11.8 Å². The largest absolute Gasteiger partial charge is 0.352 e. The zero-order chi connectivity index (χ0) is 29.9. The Morgan fingerprint density at radius 3 is 2.21 bits per heavy atom. The molecule has 0 saturated carbocycles. The standard InChI is InChI=1S/C38H34N2O3/c1-23(2)21-25-17-19-27(20-18-25)35(41)33-34(36(42)26-11-5-4-6-12-26)40-31-16-10-7-13-28(31)24(3)22-32(40)38(33)29-14-8-9-15-30(29)39-37(38)43/h4-20,22-23,32-34H,21H2,1-3H3,(H,39,43)/t32-,33-,34-,38+/m0/s1. The Bertz CT molecular complexity index is 1790. The van der Waals surface area contributed by atoms with Gasteiger partial charge in [0.2, 0.25) is 5.91 Å². The molecule has 214 valence electrons. The molecule has 5 heteroatoms. The highest BCUT2D eigenvalue weighted by atomic mass is 16.2. The van der Waals surface area contributed by atoms with Gasteiger partial charge < -0.3 is 10.2 Å². The maximum absolute atomic E-state index is 15.0. The summed E-state index contributed by atoms with van der Waals surface area (Å²) in [7, 11) is 0. The average Bonchev–Trinajstić information content (AvgIpc) is 3.49. The number of fused-ring (bicyclic) bond motifs is 6. The van der Waals surface area contributed by atoms with E-state index in [2.05, 4.69) is 30.1 Å². The number of amides is 1. The Balaban J connectivity index is 1.50. The van der Waals surface area contributed by atoms with E-state index in [1.54, 1.807) is 12.1 Å². The fourth-order valence-electron chi connectivity index (χ4n) is 7.62. The number of carbonyl (C=O) groups excluding carboxylic acids is 3. The third kappa shape index (κ3) is 4.02. The van der Waals surface area contributed by atoms with E-state index in [-0.39, 0.29) is 17.5 Å². The van der Waals surface area contributed by atoms with Gasteiger partial charge in [-0.05, 0) is 48.1 Å². The van der Waals surface area contributed by atoms with Gasteiger partial charge in [0.1, 0.15) is 11.5 Å². The maximum Gasteiger partial charge on any atom is 0.238 e. The van der Waals surface area contributed by atoms with Crippen LogP contribution in [0.3, 0.4) is 0 Å². The summed E-state index contributed by atoms with van der Waals surface area (Å²) in [6, 6.07) is 31.0. The number of nitrogens with one attached hydrogen (secondary N) is 1. The molecule has 1 spiro atoms. The van der Waals surface area contributed by atoms with Gasteiger partial charge in [-0.25, -0.2) is 0 Å². The van der Waals surface area contributed by atoms with E-state index in [0.717, 1.165) is 34.4 Å². The summed E-state index contributed by atoms with van der Waals surface area (Å²) < 4.78 is 0. The first-order valence-corrected chi connectivity index (χ1v) is 15.0. The molecule has 4 atom stereocenters. The van der Waals surface area contributed by atoms with E-state index in [0.29, 0.717) is 22.7 Å². The molecule has 1 amide bonds. The SMILES string of the molecule is CC1=C[C@@H]2N(c3ccccc31)[C@H](C(=O)c1ccccc1)[C@@H](C(=O)c1ccc(CC(C)C)cc1)[C@]21C(=O)Nc2ccccc21.